The average Bonchev–Trinajstić information content (AvgIpc) is 3.29. The number of phenolic OH excluding ortho intramolecular Hbond substituents is 1. The van der Waals surface area contributed by atoms with Crippen LogP contribution in [0.2, 0.25) is 0 Å². The van der Waals surface area contributed by atoms with Crippen molar-refractivity contribution in [1.82, 2.24) is 20.4 Å². The van der Waals surface area contributed by atoms with Gasteiger partial charge in [-0.1, -0.05) is 12.1 Å². The fourth-order valence-electron chi connectivity index (χ4n) is 5.24. The molecular weight excluding hydrogens is 520 g/mol. The molecule has 0 radical (unpaired) electrons. The van der Waals surface area contributed by atoms with Crippen LogP contribution in [0.5, 0.6) is 5.75 Å². The number of phenols is 1. The van der Waals surface area contributed by atoms with Gasteiger partial charge in [-0.3, -0.25) is 24.1 Å². The highest BCUT2D eigenvalue weighted by Gasteiger charge is 2.64. The van der Waals surface area contributed by atoms with Gasteiger partial charge in [0.2, 0.25) is 17.7 Å². The van der Waals surface area contributed by atoms with E-state index in [2.05, 4.69) is 10.6 Å². The number of hydrogen-bond donors (Lipinski definition) is 5. The Morgan fingerprint density at radius 2 is 1.89 bits per heavy atom. The molecule has 14 heteroatoms. The second-order valence-electron chi connectivity index (χ2n) is 9.89. The number of ether oxygens (including phenoxy) is 1. The Morgan fingerprint density at radius 3 is 2.50 bits per heavy atom. The van der Waals surface area contributed by atoms with Gasteiger partial charge in [0.05, 0.1) is 13.0 Å². The van der Waals surface area contributed by atoms with Gasteiger partial charge >= 0.3 is 5.97 Å². The van der Waals surface area contributed by atoms with Crippen LogP contribution < -0.4 is 10.6 Å². The Morgan fingerprint density at radius 1 is 1.21 bits per heavy atom. The number of β-lactam (4-membered cyclic amide) rings is 2. The Balaban J connectivity index is 1.38. The van der Waals surface area contributed by atoms with Gasteiger partial charge in [-0.15, -0.1) is 11.8 Å². The minimum atomic E-state index is -1.33. The SMILES string of the molecule is CC1(C)S[C@@H]2[C@H](NC(=O)[C@H](NC(=O)[C@H]3/C(=C/CO)O[C@@H]4CC(=O)N43)c3ccc(O)cc3)C(=O)N2[C@H]1C(=O)O. The first-order valence-electron chi connectivity index (χ1n) is 11.9. The van der Waals surface area contributed by atoms with Crippen LogP contribution >= 0.6 is 11.8 Å². The predicted molar refractivity (Wildman–Crippen MR) is 130 cm³/mol. The number of carbonyl (C=O) groups excluding carboxylic acids is 4. The van der Waals surface area contributed by atoms with Gasteiger partial charge in [0.15, 0.2) is 12.3 Å². The van der Waals surface area contributed by atoms with Crippen molar-refractivity contribution in [2.24, 2.45) is 0 Å². The Kier molecular flexibility index (Phi) is 6.26. The average molecular weight is 547 g/mol. The van der Waals surface area contributed by atoms with E-state index in [1.54, 1.807) is 13.8 Å². The van der Waals surface area contributed by atoms with Crippen molar-refractivity contribution in [3.8, 4) is 5.75 Å². The number of aliphatic hydroxyl groups is 1. The lowest BCUT2D eigenvalue weighted by Gasteiger charge is -2.44. The van der Waals surface area contributed by atoms with Crippen LogP contribution in [-0.2, 0) is 28.7 Å². The van der Waals surface area contributed by atoms with Gasteiger partial charge in [0.1, 0.15) is 35.0 Å². The molecule has 4 fully saturated rings. The highest BCUT2D eigenvalue weighted by molar-refractivity contribution is 8.01. The highest BCUT2D eigenvalue weighted by Crippen LogP contribution is 2.50. The molecule has 4 aliphatic heterocycles. The first-order chi connectivity index (χ1) is 17.9. The highest BCUT2D eigenvalue weighted by atomic mass is 32.2. The fourth-order valence-corrected chi connectivity index (χ4v) is 6.87. The van der Waals surface area contributed by atoms with Crippen molar-refractivity contribution in [3.05, 3.63) is 41.7 Å². The monoisotopic (exact) mass is 546 g/mol. The summed E-state index contributed by atoms with van der Waals surface area (Å²) in [6, 6.07) is 0.937. The molecule has 6 atom stereocenters. The Bertz CT molecular complexity index is 1250. The third kappa shape index (κ3) is 4.04. The molecule has 0 aliphatic carbocycles. The van der Waals surface area contributed by atoms with Crippen molar-refractivity contribution < 1.29 is 44.0 Å². The van der Waals surface area contributed by atoms with Crippen LogP contribution in [0.4, 0.5) is 0 Å². The molecule has 4 saturated heterocycles. The number of aliphatic carboxylic acids is 1. The number of thioether (sulfide) groups is 1. The van der Waals surface area contributed by atoms with E-state index in [1.807, 2.05) is 0 Å². The minimum absolute atomic E-state index is 0.0697. The number of nitrogens with zero attached hydrogens (tertiary/aromatic N) is 2. The topological polar surface area (TPSA) is 186 Å². The number of rotatable bonds is 7. The van der Waals surface area contributed by atoms with Crippen LogP contribution in [0.25, 0.3) is 0 Å². The summed E-state index contributed by atoms with van der Waals surface area (Å²) >= 11 is 1.26. The molecule has 0 bridgehead atoms. The van der Waals surface area contributed by atoms with Crippen LogP contribution in [0, 0.1) is 0 Å². The van der Waals surface area contributed by atoms with Crippen molar-refractivity contribution in [2.75, 3.05) is 6.61 Å². The molecule has 5 N–H and O–H groups in total. The van der Waals surface area contributed by atoms with Crippen LogP contribution in [0.3, 0.4) is 0 Å². The molecular formula is C24H26N4O9S. The van der Waals surface area contributed by atoms with Crippen molar-refractivity contribution in [1.29, 1.82) is 0 Å². The molecule has 38 heavy (non-hydrogen) atoms. The number of aliphatic hydroxyl groups excluding tert-OH is 1. The zero-order valence-corrected chi connectivity index (χ0v) is 21.2. The zero-order valence-electron chi connectivity index (χ0n) is 20.4. The van der Waals surface area contributed by atoms with E-state index < -0.39 is 70.8 Å². The van der Waals surface area contributed by atoms with E-state index in [-0.39, 0.29) is 29.4 Å². The number of fused-ring (bicyclic) bond motifs is 2. The first-order valence-corrected chi connectivity index (χ1v) is 12.7. The molecule has 0 aromatic heterocycles. The number of nitrogens with one attached hydrogen (secondary N) is 2. The standard InChI is InChI=1S/C24H26N4O9S/c1-24(2)18(23(35)36)28-21(34)16(22(28)38-24)26-19(32)15(10-3-5-11(30)6-4-10)25-20(33)17-12(7-8-29)37-14-9-13(31)27(14)17/h3-7,14-18,22,29-30H,8-9H2,1-2H3,(H,25,33)(H,26,32)(H,35,36)/b12-7-/t14-,15-,16-,17-,18+,22-/m1/s1. The maximum atomic E-state index is 13.5. The maximum Gasteiger partial charge on any atom is 0.327 e. The third-order valence-corrected chi connectivity index (χ3v) is 8.63. The van der Waals surface area contributed by atoms with Gasteiger partial charge in [-0.05, 0) is 37.6 Å². The van der Waals surface area contributed by atoms with E-state index >= 15 is 0 Å². The minimum Gasteiger partial charge on any atom is -0.508 e. The summed E-state index contributed by atoms with van der Waals surface area (Å²) in [5, 5.41) is 33.3. The van der Waals surface area contributed by atoms with Gasteiger partial charge < -0.3 is 35.6 Å². The van der Waals surface area contributed by atoms with E-state index in [1.165, 1.54) is 51.9 Å². The van der Waals surface area contributed by atoms with Crippen LogP contribution in [0.15, 0.2) is 36.1 Å². The summed E-state index contributed by atoms with van der Waals surface area (Å²) in [6.45, 7) is 3.00. The molecule has 13 nitrogen and oxygen atoms in total. The number of hydrogen-bond acceptors (Lipinski definition) is 9. The quantitative estimate of drug-likeness (QED) is 0.266. The number of carboxylic acids is 1. The lowest BCUT2D eigenvalue weighted by molar-refractivity contribution is -0.161. The first kappa shape index (κ1) is 25.9. The summed E-state index contributed by atoms with van der Waals surface area (Å²) in [5.74, 6) is -3.47. The summed E-state index contributed by atoms with van der Waals surface area (Å²) in [6.07, 6.45) is 0.715. The number of amides is 4. The summed E-state index contributed by atoms with van der Waals surface area (Å²) in [7, 11) is 0. The molecule has 4 heterocycles. The molecule has 0 spiro atoms. The maximum absolute atomic E-state index is 13.5. The molecule has 202 valence electrons. The van der Waals surface area contributed by atoms with E-state index in [4.69, 9.17) is 4.74 Å². The molecule has 4 amide bonds. The molecule has 5 rings (SSSR count). The van der Waals surface area contributed by atoms with E-state index in [9.17, 15) is 39.3 Å². The van der Waals surface area contributed by atoms with Gasteiger partial charge in [-0.25, -0.2) is 4.79 Å². The lowest BCUT2D eigenvalue weighted by atomic mass is 9.95. The zero-order chi connectivity index (χ0) is 27.5. The smallest absolute Gasteiger partial charge is 0.327 e. The molecule has 4 aliphatic rings. The van der Waals surface area contributed by atoms with E-state index in [0.29, 0.717) is 0 Å². The summed E-state index contributed by atoms with van der Waals surface area (Å²) < 4.78 is 4.80. The predicted octanol–water partition coefficient (Wildman–Crippen LogP) is -0.985. The van der Waals surface area contributed by atoms with Crippen LogP contribution in [-0.4, -0.2) is 95.8 Å². The molecule has 1 aromatic rings. The largest absolute Gasteiger partial charge is 0.508 e. The van der Waals surface area contributed by atoms with Gasteiger partial charge in [0, 0.05) is 4.75 Å². The van der Waals surface area contributed by atoms with Crippen molar-refractivity contribution in [2.45, 2.75) is 60.8 Å². The second kappa shape index (κ2) is 9.20. The molecule has 1 aromatic carbocycles. The number of benzene rings is 1. The third-order valence-electron chi connectivity index (χ3n) is 7.06. The number of carboxylic acid groups (broad SMARTS) is 1. The summed E-state index contributed by atoms with van der Waals surface area (Å²) in [4.78, 5) is 66.1. The normalized spacial score (nSPS) is 30.5. The van der Waals surface area contributed by atoms with Crippen molar-refractivity contribution >= 4 is 41.4 Å². The number of aromatic hydroxyl groups is 1. The van der Waals surface area contributed by atoms with Gasteiger partial charge in [0.25, 0.3) is 5.91 Å². The van der Waals surface area contributed by atoms with Crippen molar-refractivity contribution in [3.63, 3.8) is 0 Å². The fraction of sp³-hybridized carbons (Fsp3) is 0.458. The van der Waals surface area contributed by atoms with E-state index in [0.717, 1.165) is 0 Å². The Hall–Kier alpha value is -3.78. The van der Waals surface area contributed by atoms with Gasteiger partial charge in [-0.2, -0.15) is 0 Å². The molecule has 0 unspecified atom stereocenters. The lowest BCUT2D eigenvalue weighted by Crippen LogP contribution is -2.71. The van der Waals surface area contributed by atoms with Crippen LogP contribution in [0.1, 0.15) is 31.9 Å². The number of carbonyl (C=O) groups is 5. The summed E-state index contributed by atoms with van der Waals surface area (Å²) in [5.41, 5.74) is 0.290. The Labute approximate surface area is 220 Å². The molecule has 0 saturated carbocycles. The second-order valence-corrected chi connectivity index (χ2v) is 11.7.